The Morgan fingerprint density at radius 1 is 1.53 bits per heavy atom. The van der Waals surface area contributed by atoms with Crippen LogP contribution in [0.2, 0.25) is 0 Å². The molecule has 0 saturated heterocycles. The molecule has 3 heteroatoms. The summed E-state index contributed by atoms with van der Waals surface area (Å²) in [4.78, 5) is 10.8. The van der Waals surface area contributed by atoms with Crippen molar-refractivity contribution in [2.24, 2.45) is 0 Å². The molecule has 3 nitrogen and oxygen atoms in total. The van der Waals surface area contributed by atoms with E-state index in [9.17, 15) is 9.90 Å². The number of benzene rings is 1. The number of phenolic OH excluding ortho intramolecular Hbond substituents is 1. The van der Waals surface area contributed by atoms with Crippen molar-refractivity contribution in [3.8, 4) is 5.75 Å². The van der Waals surface area contributed by atoms with Crippen LogP contribution in [0.3, 0.4) is 0 Å². The molecule has 1 unspecified atom stereocenters. The summed E-state index contributed by atoms with van der Waals surface area (Å²) in [6.07, 6.45) is 1.88. The molecule has 2 rings (SSSR count). The van der Waals surface area contributed by atoms with Gasteiger partial charge in [0.05, 0.1) is 6.42 Å². The number of aliphatic carboxylic acids is 1. The van der Waals surface area contributed by atoms with Gasteiger partial charge in [0.15, 0.2) is 0 Å². The van der Waals surface area contributed by atoms with E-state index in [-0.39, 0.29) is 17.6 Å². The lowest BCUT2D eigenvalue weighted by molar-refractivity contribution is -0.138. The molecule has 1 aromatic rings. The lowest BCUT2D eigenvalue weighted by Crippen LogP contribution is -2.22. The van der Waals surface area contributed by atoms with Crippen LogP contribution in [-0.4, -0.2) is 16.2 Å². The Hall–Kier alpha value is -1.51. The van der Waals surface area contributed by atoms with Crippen molar-refractivity contribution in [3.63, 3.8) is 0 Å². The standard InChI is InChI=1S/C12H14O3/c1-12(7-11(14)15)5-4-8-2-3-9(13)6-10(8)12/h2-3,6,13H,4-5,7H2,1H3,(H,14,15). The first kappa shape index (κ1) is 10.0. The molecule has 0 bridgehead atoms. The maximum atomic E-state index is 10.8. The number of fused-ring (bicyclic) bond motifs is 1. The first-order chi connectivity index (χ1) is 7.01. The maximum Gasteiger partial charge on any atom is 0.304 e. The van der Waals surface area contributed by atoms with E-state index in [4.69, 9.17) is 5.11 Å². The second-order valence-corrected chi connectivity index (χ2v) is 4.47. The fourth-order valence-electron chi connectivity index (χ4n) is 2.41. The first-order valence-electron chi connectivity index (χ1n) is 5.05. The number of carbonyl (C=O) groups is 1. The molecule has 1 aromatic carbocycles. The number of aromatic hydroxyl groups is 1. The zero-order valence-electron chi connectivity index (χ0n) is 8.66. The van der Waals surface area contributed by atoms with Crippen LogP contribution in [0.15, 0.2) is 18.2 Å². The van der Waals surface area contributed by atoms with Crippen molar-refractivity contribution >= 4 is 5.97 Å². The van der Waals surface area contributed by atoms with Gasteiger partial charge in [-0.3, -0.25) is 4.79 Å². The molecule has 0 saturated carbocycles. The normalized spacial score (nSPS) is 23.8. The molecule has 0 aliphatic heterocycles. The van der Waals surface area contributed by atoms with Crippen molar-refractivity contribution in [1.82, 2.24) is 0 Å². The van der Waals surface area contributed by atoms with Gasteiger partial charge >= 0.3 is 5.97 Å². The Labute approximate surface area is 88.4 Å². The summed E-state index contributed by atoms with van der Waals surface area (Å²) >= 11 is 0. The van der Waals surface area contributed by atoms with Gasteiger partial charge in [-0.05, 0) is 36.1 Å². The summed E-state index contributed by atoms with van der Waals surface area (Å²) in [6, 6.07) is 5.24. The monoisotopic (exact) mass is 206 g/mol. The number of aryl methyl sites for hydroxylation is 1. The van der Waals surface area contributed by atoms with Crippen LogP contribution in [0.5, 0.6) is 5.75 Å². The minimum absolute atomic E-state index is 0.128. The van der Waals surface area contributed by atoms with Crippen LogP contribution in [-0.2, 0) is 16.6 Å². The minimum atomic E-state index is -0.784. The van der Waals surface area contributed by atoms with Crippen LogP contribution in [0.4, 0.5) is 0 Å². The first-order valence-corrected chi connectivity index (χ1v) is 5.05. The Bertz CT molecular complexity index is 411. The lowest BCUT2D eigenvalue weighted by atomic mass is 9.81. The highest BCUT2D eigenvalue weighted by Gasteiger charge is 2.36. The average molecular weight is 206 g/mol. The average Bonchev–Trinajstić information content (AvgIpc) is 2.43. The summed E-state index contributed by atoms with van der Waals surface area (Å²) in [5, 5.41) is 18.3. The largest absolute Gasteiger partial charge is 0.508 e. The van der Waals surface area contributed by atoms with E-state index in [2.05, 4.69) is 0 Å². The molecule has 80 valence electrons. The van der Waals surface area contributed by atoms with Crippen LogP contribution >= 0.6 is 0 Å². The summed E-state index contributed by atoms with van der Waals surface area (Å²) in [7, 11) is 0. The number of carboxylic acids is 1. The van der Waals surface area contributed by atoms with Crippen LogP contribution in [0, 0.1) is 0 Å². The Kier molecular flexibility index (Phi) is 2.18. The van der Waals surface area contributed by atoms with Gasteiger partial charge in [-0.2, -0.15) is 0 Å². The predicted molar refractivity (Wildman–Crippen MR) is 56.0 cm³/mol. The number of rotatable bonds is 2. The Morgan fingerprint density at radius 3 is 2.93 bits per heavy atom. The summed E-state index contributed by atoms with van der Waals surface area (Å²) < 4.78 is 0. The highest BCUT2D eigenvalue weighted by Crippen LogP contribution is 2.42. The van der Waals surface area contributed by atoms with Gasteiger partial charge in [-0.1, -0.05) is 13.0 Å². The Morgan fingerprint density at radius 2 is 2.27 bits per heavy atom. The molecule has 0 fully saturated rings. The van der Waals surface area contributed by atoms with Gasteiger partial charge in [0.25, 0.3) is 0 Å². The fourth-order valence-corrected chi connectivity index (χ4v) is 2.41. The highest BCUT2D eigenvalue weighted by molar-refractivity contribution is 5.69. The summed E-state index contributed by atoms with van der Waals surface area (Å²) in [5.74, 6) is -0.569. The Balaban J connectivity index is 2.41. The van der Waals surface area contributed by atoms with Crippen molar-refractivity contribution in [2.45, 2.75) is 31.6 Å². The van der Waals surface area contributed by atoms with E-state index in [1.165, 1.54) is 0 Å². The van der Waals surface area contributed by atoms with Gasteiger partial charge in [-0.25, -0.2) is 0 Å². The molecular weight excluding hydrogens is 192 g/mol. The van der Waals surface area contributed by atoms with Crippen molar-refractivity contribution in [1.29, 1.82) is 0 Å². The van der Waals surface area contributed by atoms with Gasteiger partial charge in [0, 0.05) is 5.41 Å². The fraction of sp³-hybridized carbons (Fsp3) is 0.417. The van der Waals surface area contributed by atoms with Crippen LogP contribution in [0.25, 0.3) is 0 Å². The van der Waals surface area contributed by atoms with Crippen LogP contribution in [0.1, 0.15) is 30.9 Å². The quantitative estimate of drug-likeness (QED) is 0.778. The molecule has 0 amide bonds. The SMILES string of the molecule is CC1(CC(=O)O)CCc2ccc(O)cc21. The zero-order valence-corrected chi connectivity index (χ0v) is 8.66. The van der Waals surface area contributed by atoms with Crippen LogP contribution < -0.4 is 0 Å². The second-order valence-electron chi connectivity index (χ2n) is 4.47. The third kappa shape index (κ3) is 1.69. The molecule has 0 spiro atoms. The summed E-state index contributed by atoms with van der Waals surface area (Å²) in [6.45, 7) is 1.95. The predicted octanol–water partition coefficient (Wildman–Crippen LogP) is 2.07. The molecule has 0 heterocycles. The minimum Gasteiger partial charge on any atom is -0.508 e. The van der Waals surface area contributed by atoms with Crippen molar-refractivity contribution in [2.75, 3.05) is 0 Å². The van der Waals surface area contributed by atoms with Crippen molar-refractivity contribution < 1.29 is 15.0 Å². The number of hydrogen-bond acceptors (Lipinski definition) is 2. The molecule has 0 radical (unpaired) electrons. The topological polar surface area (TPSA) is 57.5 Å². The van der Waals surface area contributed by atoms with Crippen molar-refractivity contribution in [3.05, 3.63) is 29.3 Å². The molecule has 1 aliphatic rings. The van der Waals surface area contributed by atoms with Gasteiger partial charge in [-0.15, -0.1) is 0 Å². The third-order valence-electron chi connectivity index (χ3n) is 3.23. The number of hydrogen-bond donors (Lipinski definition) is 2. The van der Waals surface area contributed by atoms with E-state index < -0.39 is 5.97 Å². The second kappa shape index (κ2) is 3.26. The zero-order chi connectivity index (χ0) is 11.1. The number of carboxylic acid groups (broad SMARTS) is 1. The molecule has 1 atom stereocenters. The third-order valence-corrected chi connectivity index (χ3v) is 3.23. The highest BCUT2D eigenvalue weighted by atomic mass is 16.4. The smallest absolute Gasteiger partial charge is 0.304 e. The number of phenols is 1. The van der Waals surface area contributed by atoms with E-state index >= 15 is 0 Å². The van der Waals surface area contributed by atoms with Gasteiger partial charge < -0.3 is 10.2 Å². The van der Waals surface area contributed by atoms with E-state index in [0.29, 0.717) is 0 Å². The lowest BCUT2D eigenvalue weighted by Gasteiger charge is -2.23. The summed E-state index contributed by atoms with van der Waals surface area (Å²) in [5.41, 5.74) is 1.83. The van der Waals surface area contributed by atoms with E-state index in [0.717, 1.165) is 24.0 Å². The molecule has 0 aromatic heterocycles. The molecule has 15 heavy (non-hydrogen) atoms. The van der Waals surface area contributed by atoms with E-state index in [1.54, 1.807) is 12.1 Å². The molecule has 2 N–H and O–H groups in total. The molecule has 1 aliphatic carbocycles. The molecular formula is C12H14O3. The van der Waals surface area contributed by atoms with Gasteiger partial charge in [0.1, 0.15) is 5.75 Å². The van der Waals surface area contributed by atoms with E-state index in [1.807, 2.05) is 13.0 Å². The van der Waals surface area contributed by atoms with Gasteiger partial charge in [0.2, 0.25) is 0 Å². The maximum absolute atomic E-state index is 10.8.